The Morgan fingerprint density at radius 3 is 0.841 bits per heavy atom. The average molecular weight is 1790 g/mol. The third-order valence-electron chi connectivity index (χ3n) is 21.0. The molecule has 0 atom stereocenters. The van der Waals surface area contributed by atoms with Crippen LogP contribution in [0.5, 0.6) is 5.75 Å². The van der Waals surface area contributed by atoms with Gasteiger partial charge in [-0.2, -0.15) is 0 Å². The van der Waals surface area contributed by atoms with Crippen LogP contribution in [0.15, 0.2) is 285 Å². The summed E-state index contributed by atoms with van der Waals surface area (Å²) in [6.45, 7) is 80.7. The lowest BCUT2D eigenvalue weighted by atomic mass is 9.84. The van der Waals surface area contributed by atoms with E-state index in [-0.39, 0.29) is 31.4 Å². The predicted molar refractivity (Wildman–Crippen MR) is 582 cm³/mol. The first-order chi connectivity index (χ1) is 59.7. The standard InChI is InChI=1S/2C17H20.C15H18.C15H24.3C13H20.C12H15F3O.C11H16.2CH4/c1-17(2,3)13-14-8-7-11-16(12-14)15-9-5-4-6-10-15;1-17(2,3)13-14-9-11-16(12-10-14)15-7-5-4-6-8-15;1-15(2,3)11-12-8-9-13-6-4-5-7-14(13)10-12;1-14(2,3)11-12-7-9-13(10-8-12)15(4,5)6;2*1-10-6-7-12(8-11(10)2)9-13(3,4)5;1-10-6-7-11(2)12(8-10)9-13(3,4)5;1-11(2,3)8-9-4-6-10(7-5-9)16-12(13,14)15;1-11(2,3)9-10-7-5-4-6-8-10;;/h2*4-12H,13H2,1-3H3;4-10H,11H2,1-3H3;7-10H,11H2,1-6H3;3*6-8H,9H2,1-5H3;4-7H,8H2,1-3H3;4-8H,9H2,1-3H3;2*1H4. The van der Waals surface area contributed by atoms with Crippen molar-refractivity contribution in [1.29, 1.82) is 0 Å². The third-order valence-corrected chi connectivity index (χ3v) is 21.0. The van der Waals surface area contributed by atoms with E-state index in [1.807, 2.05) is 0 Å². The molecule has 12 aromatic carbocycles. The minimum Gasteiger partial charge on any atom is -0.406 e. The van der Waals surface area contributed by atoms with Gasteiger partial charge in [0.25, 0.3) is 0 Å². The number of rotatable bonds is 12. The summed E-state index contributed by atoms with van der Waals surface area (Å²) in [5.74, 6) is -0.176. The number of ether oxygens (including phenoxy) is 1. The van der Waals surface area contributed by atoms with E-state index >= 15 is 0 Å². The quantitative estimate of drug-likeness (QED) is 0.118. The molecule has 0 N–H and O–H groups in total. The Morgan fingerprint density at radius 2 is 0.477 bits per heavy atom. The van der Waals surface area contributed by atoms with Gasteiger partial charge in [0, 0.05) is 0 Å². The molecule has 4 heteroatoms. The molecule has 0 unspecified atom stereocenters. The number of halogens is 3. The van der Waals surface area contributed by atoms with Gasteiger partial charge in [0.1, 0.15) is 5.75 Å². The summed E-state index contributed by atoms with van der Waals surface area (Å²) in [6, 6.07) is 100. The summed E-state index contributed by atoms with van der Waals surface area (Å²) in [7, 11) is 0. The van der Waals surface area contributed by atoms with E-state index in [4.69, 9.17) is 0 Å². The second-order valence-corrected chi connectivity index (χ2v) is 48.3. The first kappa shape index (κ1) is 119. The second kappa shape index (κ2) is 53.0. The fourth-order valence-corrected chi connectivity index (χ4v) is 15.1. The molecule has 0 saturated carbocycles. The van der Waals surface area contributed by atoms with Gasteiger partial charge in [0.05, 0.1) is 0 Å². The van der Waals surface area contributed by atoms with Crippen LogP contribution < -0.4 is 4.74 Å². The number of alkyl halides is 3. The van der Waals surface area contributed by atoms with Crippen LogP contribution in [0.2, 0.25) is 0 Å². The fourth-order valence-electron chi connectivity index (χ4n) is 15.1. The van der Waals surface area contributed by atoms with Crippen LogP contribution >= 0.6 is 0 Å². The minimum absolute atomic E-state index is 0. The summed E-state index contributed by atoms with van der Waals surface area (Å²) >= 11 is 0. The maximum Gasteiger partial charge on any atom is 0.573 e. The zero-order valence-electron chi connectivity index (χ0n) is 88.0. The van der Waals surface area contributed by atoms with E-state index in [9.17, 15) is 13.2 Å². The molecule has 0 radical (unpaired) electrons. The van der Waals surface area contributed by atoms with Crippen molar-refractivity contribution in [2.75, 3.05) is 0 Å². The molecule has 720 valence electrons. The summed E-state index contributed by atoms with van der Waals surface area (Å²) in [4.78, 5) is 0. The summed E-state index contributed by atoms with van der Waals surface area (Å²) < 4.78 is 39.5. The maximum absolute atomic E-state index is 11.9. The van der Waals surface area contributed by atoms with Crippen molar-refractivity contribution < 1.29 is 17.9 Å². The Kier molecular flexibility index (Phi) is 47.6. The van der Waals surface area contributed by atoms with Gasteiger partial charge in [-0.25, -0.2) is 0 Å². The van der Waals surface area contributed by atoms with Crippen molar-refractivity contribution >= 4 is 10.8 Å². The van der Waals surface area contributed by atoms with E-state index in [1.165, 1.54) is 135 Å². The first-order valence-corrected chi connectivity index (χ1v) is 47.6. The van der Waals surface area contributed by atoms with E-state index in [2.05, 4.69) is 515 Å². The lowest BCUT2D eigenvalue weighted by Gasteiger charge is -2.21. The van der Waals surface area contributed by atoms with Crippen LogP contribution in [0.25, 0.3) is 33.0 Å². The third kappa shape index (κ3) is 54.6. The Labute approximate surface area is 808 Å². The maximum atomic E-state index is 11.9. The lowest BCUT2D eigenvalue weighted by Crippen LogP contribution is -2.17. The Bertz CT molecular complexity index is 5100. The highest BCUT2D eigenvalue weighted by molar-refractivity contribution is 5.83. The SMILES string of the molecule is C.C.CC(C)(C)Cc1ccc(-c2ccccc2)cc1.CC(C)(C)Cc1ccc(C(C)(C)C)cc1.CC(C)(C)Cc1ccc(OC(F)(F)F)cc1.CC(C)(C)Cc1ccc2ccccc2c1.CC(C)(C)Cc1cccc(-c2ccccc2)c1.CC(C)(C)Cc1ccccc1.Cc1ccc(C)c(CC(C)(C)C)c1.Cc1ccc(CC(C)(C)C)cc1C.Cc1ccc(CC(C)(C)C)cc1C. The molecule has 0 aromatic heterocycles. The molecule has 0 aliphatic heterocycles. The molecule has 132 heavy (non-hydrogen) atoms. The van der Waals surface area contributed by atoms with Crippen LogP contribution in [-0.2, 0) is 63.2 Å². The van der Waals surface area contributed by atoms with E-state index in [0.717, 1.165) is 56.9 Å². The summed E-state index contributed by atoms with van der Waals surface area (Å²) in [6.07, 6.45) is 5.38. The molecule has 12 aromatic rings. The number of benzene rings is 12. The zero-order valence-corrected chi connectivity index (χ0v) is 88.0. The largest absolute Gasteiger partial charge is 0.573 e. The van der Waals surface area contributed by atoms with Crippen LogP contribution in [0.4, 0.5) is 13.2 Å². The van der Waals surface area contributed by atoms with E-state index < -0.39 is 6.36 Å². The highest BCUT2D eigenvalue weighted by Gasteiger charge is 2.31. The number of fused-ring (bicyclic) bond motifs is 1. The molecule has 0 heterocycles. The van der Waals surface area contributed by atoms with Gasteiger partial charge in [-0.15, -0.1) is 13.2 Å². The smallest absolute Gasteiger partial charge is 0.406 e. The second-order valence-electron chi connectivity index (χ2n) is 48.3. The van der Waals surface area contributed by atoms with Crippen molar-refractivity contribution in [3.05, 3.63) is 374 Å². The molecule has 1 nitrogen and oxygen atoms in total. The number of hydrogen-bond acceptors (Lipinski definition) is 1. The molecule has 0 bridgehead atoms. The topological polar surface area (TPSA) is 9.23 Å². The average Bonchev–Trinajstić information content (AvgIpc) is 0.837. The van der Waals surface area contributed by atoms with Crippen molar-refractivity contribution in [2.45, 2.75) is 334 Å². The highest BCUT2D eigenvalue weighted by atomic mass is 19.4. The molecule has 0 fully saturated rings. The van der Waals surface area contributed by atoms with E-state index in [0.29, 0.717) is 43.3 Å². The van der Waals surface area contributed by atoms with Gasteiger partial charge >= 0.3 is 6.36 Å². The molecule has 0 amide bonds. The van der Waals surface area contributed by atoms with Gasteiger partial charge in [-0.05, 0) is 282 Å². The first-order valence-electron chi connectivity index (χ1n) is 47.6. The highest BCUT2D eigenvalue weighted by Crippen LogP contribution is 2.33. The van der Waals surface area contributed by atoms with E-state index in [1.54, 1.807) is 12.1 Å². The summed E-state index contributed by atoms with van der Waals surface area (Å²) in [5.41, 5.74) is 30.9. The van der Waals surface area contributed by atoms with Crippen LogP contribution in [0.1, 0.15) is 312 Å². The number of hydrogen-bond donors (Lipinski definition) is 0. The Morgan fingerprint density at radius 1 is 0.205 bits per heavy atom. The van der Waals surface area contributed by atoms with Crippen LogP contribution in [-0.4, -0.2) is 6.36 Å². The molecule has 0 saturated heterocycles. The van der Waals surface area contributed by atoms with Gasteiger partial charge in [-0.3, -0.25) is 0 Å². The molecule has 12 rings (SSSR count). The van der Waals surface area contributed by atoms with Crippen molar-refractivity contribution in [3.8, 4) is 28.0 Å². The van der Waals surface area contributed by atoms with Crippen molar-refractivity contribution in [2.24, 2.45) is 48.7 Å². The van der Waals surface area contributed by atoms with Crippen molar-refractivity contribution in [3.63, 3.8) is 0 Å². The monoisotopic (exact) mass is 1790 g/mol. The molecular formula is C128H181F3O. The van der Waals surface area contributed by atoms with Crippen LogP contribution in [0.3, 0.4) is 0 Å². The Hall–Kier alpha value is -9.51. The molecule has 0 aliphatic carbocycles. The van der Waals surface area contributed by atoms with Crippen molar-refractivity contribution in [1.82, 2.24) is 0 Å². The minimum atomic E-state index is -4.62. The summed E-state index contributed by atoms with van der Waals surface area (Å²) in [5, 5.41) is 2.68. The lowest BCUT2D eigenvalue weighted by molar-refractivity contribution is -0.274. The fraction of sp³-hybridized carbons (Fsp3) is 0.453. The van der Waals surface area contributed by atoms with Gasteiger partial charge in [0.15, 0.2) is 0 Å². The zero-order chi connectivity index (χ0) is 98.1. The normalized spacial score (nSPS) is 11.8. The molecule has 0 spiro atoms. The van der Waals surface area contributed by atoms with Gasteiger partial charge in [-0.1, -0.05) is 501 Å². The Balaban J connectivity index is 0.000000503. The van der Waals surface area contributed by atoms with Gasteiger partial charge < -0.3 is 4.74 Å². The number of aryl methyl sites for hydroxylation is 6. The predicted octanol–water partition coefficient (Wildman–Crippen LogP) is 39.3. The van der Waals surface area contributed by atoms with Gasteiger partial charge in [0.2, 0.25) is 0 Å². The molecule has 0 aliphatic rings. The molecular weight excluding hydrogens is 1610 g/mol. The van der Waals surface area contributed by atoms with Crippen LogP contribution in [0, 0.1) is 90.3 Å².